The van der Waals surface area contributed by atoms with Gasteiger partial charge in [-0.05, 0) is 37.5 Å². The molecule has 3 rings (SSSR count). The number of hydrogen-bond acceptors (Lipinski definition) is 3. The number of amides is 1. The van der Waals surface area contributed by atoms with E-state index >= 15 is 0 Å². The third-order valence-electron chi connectivity index (χ3n) is 5.29. The highest BCUT2D eigenvalue weighted by Crippen LogP contribution is 2.27. The number of unbranched alkanes of at least 4 members (excludes halogenated alkanes) is 1. The first-order chi connectivity index (χ1) is 14.6. The topological polar surface area (TPSA) is 51.5 Å². The Morgan fingerprint density at radius 2 is 1.70 bits per heavy atom. The Morgan fingerprint density at radius 1 is 1.00 bits per heavy atom. The van der Waals surface area contributed by atoms with Crippen molar-refractivity contribution in [2.24, 2.45) is 0 Å². The number of esters is 1. The van der Waals surface area contributed by atoms with E-state index in [2.05, 4.69) is 23.6 Å². The summed E-state index contributed by atoms with van der Waals surface area (Å²) in [6.45, 7) is 7.25. The molecule has 3 aromatic rings. The molecule has 30 heavy (non-hydrogen) atoms. The van der Waals surface area contributed by atoms with Crippen LogP contribution in [0.5, 0.6) is 0 Å². The van der Waals surface area contributed by atoms with Gasteiger partial charge in [0.2, 0.25) is 0 Å². The van der Waals surface area contributed by atoms with Crippen molar-refractivity contribution in [2.45, 2.75) is 46.7 Å². The van der Waals surface area contributed by atoms with Gasteiger partial charge in [0.15, 0.2) is 0 Å². The minimum atomic E-state index is -0.393. The number of para-hydroxylation sites is 1. The number of hydrogen-bond donors (Lipinski definition) is 0. The molecule has 0 aliphatic carbocycles. The van der Waals surface area contributed by atoms with Gasteiger partial charge >= 0.3 is 5.97 Å². The van der Waals surface area contributed by atoms with Crippen molar-refractivity contribution in [3.8, 4) is 0 Å². The highest BCUT2D eigenvalue weighted by molar-refractivity contribution is 6.02. The molecule has 1 aromatic heterocycles. The molecular formula is C25H30N2O3. The maximum Gasteiger partial charge on any atom is 0.325 e. The summed E-state index contributed by atoms with van der Waals surface area (Å²) in [6, 6.07) is 17.8. The predicted octanol–water partition coefficient (Wildman–Crippen LogP) is 4.96. The standard InChI is InChI=1S/C25H30N2O3/c1-4-6-16-27-22-15-11-10-14-21(22)19(3)24(27)25(29)26(18-23(28)30-5-2)17-20-12-8-7-9-13-20/h7-15H,4-6,16-18H2,1-3H3. The van der Waals surface area contributed by atoms with Gasteiger partial charge in [-0.2, -0.15) is 0 Å². The Kier molecular flexibility index (Phi) is 7.28. The van der Waals surface area contributed by atoms with Crippen LogP contribution in [0.25, 0.3) is 10.9 Å². The van der Waals surface area contributed by atoms with Crippen molar-refractivity contribution in [3.05, 3.63) is 71.4 Å². The van der Waals surface area contributed by atoms with Crippen LogP contribution in [0.2, 0.25) is 0 Å². The SMILES string of the molecule is CCCCn1c(C(=O)N(CC(=O)OCC)Cc2ccccc2)c(C)c2ccccc21. The summed E-state index contributed by atoms with van der Waals surface area (Å²) in [5.41, 5.74) is 3.64. The average Bonchev–Trinajstić information content (AvgIpc) is 3.04. The van der Waals surface area contributed by atoms with Crippen LogP contribution in [-0.2, 0) is 22.6 Å². The van der Waals surface area contributed by atoms with Gasteiger partial charge < -0.3 is 14.2 Å². The zero-order valence-electron chi connectivity index (χ0n) is 18.1. The van der Waals surface area contributed by atoms with E-state index in [0.29, 0.717) is 18.8 Å². The van der Waals surface area contributed by atoms with Gasteiger partial charge in [-0.15, -0.1) is 0 Å². The molecule has 1 amide bonds. The first-order valence-electron chi connectivity index (χ1n) is 10.6. The number of carbonyl (C=O) groups excluding carboxylic acids is 2. The van der Waals surface area contributed by atoms with E-state index in [9.17, 15) is 9.59 Å². The lowest BCUT2D eigenvalue weighted by atomic mass is 10.1. The minimum Gasteiger partial charge on any atom is -0.465 e. The van der Waals surface area contributed by atoms with Crippen molar-refractivity contribution in [1.82, 2.24) is 9.47 Å². The highest BCUT2D eigenvalue weighted by Gasteiger charge is 2.26. The molecule has 0 bridgehead atoms. The second kappa shape index (κ2) is 10.1. The monoisotopic (exact) mass is 406 g/mol. The van der Waals surface area contributed by atoms with Crippen molar-refractivity contribution in [2.75, 3.05) is 13.2 Å². The largest absolute Gasteiger partial charge is 0.465 e. The first-order valence-corrected chi connectivity index (χ1v) is 10.6. The average molecular weight is 407 g/mol. The lowest BCUT2D eigenvalue weighted by Crippen LogP contribution is -2.37. The molecule has 0 spiro atoms. The highest BCUT2D eigenvalue weighted by atomic mass is 16.5. The van der Waals surface area contributed by atoms with Crippen molar-refractivity contribution < 1.29 is 14.3 Å². The van der Waals surface area contributed by atoms with Gasteiger partial charge in [0.1, 0.15) is 12.2 Å². The van der Waals surface area contributed by atoms with Crippen molar-refractivity contribution in [3.63, 3.8) is 0 Å². The first kappa shape index (κ1) is 21.6. The van der Waals surface area contributed by atoms with Gasteiger partial charge in [0, 0.05) is 24.0 Å². The van der Waals surface area contributed by atoms with E-state index in [1.54, 1.807) is 11.8 Å². The predicted molar refractivity (Wildman–Crippen MR) is 119 cm³/mol. The Bertz CT molecular complexity index is 1010. The number of ether oxygens (including phenoxy) is 1. The quantitative estimate of drug-likeness (QED) is 0.472. The number of rotatable bonds is 9. The molecule has 5 nitrogen and oxygen atoms in total. The van der Waals surface area contributed by atoms with Crippen LogP contribution in [0.3, 0.4) is 0 Å². The van der Waals surface area contributed by atoms with E-state index in [4.69, 9.17) is 4.74 Å². The second-order valence-corrected chi connectivity index (χ2v) is 7.45. The van der Waals surface area contributed by atoms with E-state index in [1.807, 2.05) is 49.4 Å². The van der Waals surface area contributed by atoms with E-state index in [-0.39, 0.29) is 12.5 Å². The molecular weight excluding hydrogens is 376 g/mol. The molecule has 0 N–H and O–H groups in total. The van der Waals surface area contributed by atoms with Crippen molar-refractivity contribution in [1.29, 1.82) is 0 Å². The summed E-state index contributed by atoms with van der Waals surface area (Å²) in [4.78, 5) is 27.6. The summed E-state index contributed by atoms with van der Waals surface area (Å²) in [5.74, 6) is -0.535. The lowest BCUT2D eigenvalue weighted by Gasteiger charge is -2.23. The Balaban J connectivity index is 2.03. The summed E-state index contributed by atoms with van der Waals surface area (Å²) in [5, 5.41) is 1.08. The zero-order chi connectivity index (χ0) is 21.5. The van der Waals surface area contributed by atoms with Crippen LogP contribution < -0.4 is 0 Å². The Labute approximate surface area is 178 Å². The van der Waals surface area contributed by atoms with Crippen LogP contribution in [0, 0.1) is 6.92 Å². The van der Waals surface area contributed by atoms with Gasteiger partial charge in [-0.3, -0.25) is 9.59 Å². The van der Waals surface area contributed by atoms with Gasteiger partial charge in [-0.1, -0.05) is 61.9 Å². The lowest BCUT2D eigenvalue weighted by molar-refractivity contribution is -0.143. The van der Waals surface area contributed by atoms with E-state index in [0.717, 1.165) is 41.4 Å². The van der Waals surface area contributed by atoms with Gasteiger partial charge in [0.05, 0.1) is 6.61 Å². The second-order valence-electron chi connectivity index (χ2n) is 7.45. The number of aromatic nitrogens is 1. The Morgan fingerprint density at radius 3 is 2.40 bits per heavy atom. The Hall–Kier alpha value is -3.08. The molecule has 0 atom stereocenters. The zero-order valence-corrected chi connectivity index (χ0v) is 18.1. The fraction of sp³-hybridized carbons (Fsp3) is 0.360. The van der Waals surface area contributed by atoms with Crippen LogP contribution >= 0.6 is 0 Å². The molecule has 0 saturated heterocycles. The molecule has 2 aromatic carbocycles. The van der Waals surface area contributed by atoms with Crippen molar-refractivity contribution >= 4 is 22.8 Å². The molecule has 0 aliphatic rings. The molecule has 0 radical (unpaired) electrons. The van der Waals surface area contributed by atoms with Gasteiger partial charge in [-0.25, -0.2) is 0 Å². The fourth-order valence-electron chi connectivity index (χ4n) is 3.82. The maximum atomic E-state index is 13.8. The molecule has 0 aliphatic heterocycles. The normalized spacial score (nSPS) is 10.9. The van der Waals surface area contributed by atoms with Gasteiger partial charge in [0.25, 0.3) is 5.91 Å². The van der Waals surface area contributed by atoms with Crippen LogP contribution in [0.15, 0.2) is 54.6 Å². The number of fused-ring (bicyclic) bond motifs is 1. The molecule has 1 heterocycles. The molecule has 0 fully saturated rings. The molecule has 158 valence electrons. The minimum absolute atomic E-state index is 0.0731. The van der Waals surface area contributed by atoms with Crippen LogP contribution in [0.4, 0.5) is 0 Å². The molecule has 0 unspecified atom stereocenters. The molecule has 5 heteroatoms. The van der Waals surface area contributed by atoms with E-state index in [1.165, 1.54) is 0 Å². The maximum absolute atomic E-state index is 13.8. The van der Waals surface area contributed by atoms with E-state index < -0.39 is 5.97 Å². The summed E-state index contributed by atoms with van der Waals surface area (Å²) in [6.07, 6.45) is 2.02. The smallest absolute Gasteiger partial charge is 0.325 e. The number of carbonyl (C=O) groups is 2. The van der Waals surface area contributed by atoms with Crippen LogP contribution in [-0.4, -0.2) is 34.5 Å². The number of benzene rings is 2. The molecule has 0 saturated carbocycles. The number of nitrogens with zero attached hydrogens (tertiary/aromatic N) is 2. The van der Waals surface area contributed by atoms with Crippen LogP contribution in [0.1, 0.15) is 48.3 Å². The third kappa shape index (κ3) is 4.73. The summed E-state index contributed by atoms with van der Waals surface area (Å²) >= 11 is 0. The fourth-order valence-corrected chi connectivity index (χ4v) is 3.82. The third-order valence-corrected chi connectivity index (χ3v) is 5.29. The summed E-state index contributed by atoms with van der Waals surface area (Å²) in [7, 11) is 0. The number of aryl methyl sites for hydroxylation is 2. The summed E-state index contributed by atoms with van der Waals surface area (Å²) < 4.78 is 7.25.